The quantitative estimate of drug-likeness (QED) is 0.775. The van der Waals surface area contributed by atoms with E-state index in [0.29, 0.717) is 19.6 Å². The van der Waals surface area contributed by atoms with Crippen LogP contribution in [0.5, 0.6) is 0 Å². The highest BCUT2D eigenvalue weighted by molar-refractivity contribution is 5.09. The molecule has 1 atom stereocenters. The maximum absolute atomic E-state index is 12.7. The highest BCUT2D eigenvalue weighted by atomic mass is 19.4. The van der Waals surface area contributed by atoms with E-state index >= 15 is 0 Å². The minimum Gasteiger partial charge on any atom is -0.381 e. The third kappa shape index (κ3) is 2.45. The van der Waals surface area contributed by atoms with E-state index in [0.717, 1.165) is 12.8 Å². The molecule has 2 rings (SSSR count). The molecule has 1 unspecified atom stereocenters. The second-order valence-corrected chi connectivity index (χ2v) is 4.46. The van der Waals surface area contributed by atoms with Gasteiger partial charge in [-0.2, -0.15) is 13.2 Å². The molecule has 0 aromatic heterocycles. The number of hydrogen-bond donors (Lipinski definition) is 1. The second kappa shape index (κ2) is 3.94. The molecule has 0 aromatic rings. The second-order valence-electron chi connectivity index (χ2n) is 4.46. The number of hydrogen-bond acceptors (Lipinski definition) is 2. The average molecular weight is 223 g/mol. The first-order valence-corrected chi connectivity index (χ1v) is 5.46. The molecule has 2 nitrogen and oxygen atoms in total. The lowest BCUT2D eigenvalue weighted by molar-refractivity contribution is -0.168. The summed E-state index contributed by atoms with van der Waals surface area (Å²) in [5.74, 6) is 0. The number of halogens is 3. The Morgan fingerprint density at radius 3 is 2.47 bits per heavy atom. The van der Waals surface area contributed by atoms with Crippen LogP contribution in [0.1, 0.15) is 32.1 Å². The predicted molar refractivity (Wildman–Crippen MR) is 49.6 cm³/mol. The first-order chi connectivity index (χ1) is 7.04. The molecule has 1 aliphatic heterocycles. The standard InChI is InChI=1S/C10H16F3NO/c11-10(12,13)9(4-5-9)14-8-2-1-6-15-7-3-8/h8,14H,1-7H2. The van der Waals surface area contributed by atoms with Crippen LogP contribution in [0, 0.1) is 0 Å². The molecular formula is C10H16F3NO. The van der Waals surface area contributed by atoms with Gasteiger partial charge in [-0.15, -0.1) is 0 Å². The van der Waals surface area contributed by atoms with Gasteiger partial charge in [-0.3, -0.25) is 0 Å². The van der Waals surface area contributed by atoms with Crippen molar-refractivity contribution in [3.63, 3.8) is 0 Å². The summed E-state index contributed by atoms with van der Waals surface area (Å²) in [6.07, 6.45) is -1.30. The van der Waals surface area contributed by atoms with E-state index in [2.05, 4.69) is 5.32 Å². The van der Waals surface area contributed by atoms with Crippen LogP contribution in [0.3, 0.4) is 0 Å². The Labute approximate surface area is 87.2 Å². The van der Waals surface area contributed by atoms with Gasteiger partial charge in [-0.25, -0.2) is 0 Å². The van der Waals surface area contributed by atoms with Gasteiger partial charge < -0.3 is 10.1 Å². The first kappa shape index (κ1) is 11.2. The molecule has 15 heavy (non-hydrogen) atoms. The normalized spacial score (nSPS) is 31.0. The number of alkyl halides is 3. The molecule has 0 amide bonds. The topological polar surface area (TPSA) is 21.3 Å². The van der Waals surface area contributed by atoms with Crippen molar-refractivity contribution < 1.29 is 17.9 Å². The lowest BCUT2D eigenvalue weighted by Crippen LogP contribution is -2.49. The SMILES string of the molecule is FC(F)(F)C1(NC2CCCOCC2)CC1. The summed E-state index contributed by atoms with van der Waals surface area (Å²) >= 11 is 0. The van der Waals surface area contributed by atoms with Crippen LogP contribution in [0.15, 0.2) is 0 Å². The smallest absolute Gasteiger partial charge is 0.381 e. The van der Waals surface area contributed by atoms with Crippen LogP contribution in [0.25, 0.3) is 0 Å². The molecule has 2 fully saturated rings. The van der Waals surface area contributed by atoms with E-state index in [9.17, 15) is 13.2 Å². The molecular weight excluding hydrogens is 207 g/mol. The van der Waals surface area contributed by atoms with Crippen molar-refractivity contribution in [2.24, 2.45) is 0 Å². The summed E-state index contributed by atoms with van der Waals surface area (Å²) in [5, 5.41) is 2.78. The van der Waals surface area contributed by atoms with Crippen LogP contribution < -0.4 is 5.32 Å². The molecule has 88 valence electrons. The predicted octanol–water partition coefficient (Wildman–Crippen LogP) is 2.24. The summed E-state index contributed by atoms with van der Waals surface area (Å²) in [6, 6.07) is -0.0309. The molecule has 0 bridgehead atoms. The van der Waals surface area contributed by atoms with Crippen molar-refractivity contribution in [3.05, 3.63) is 0 Å². The van der Waals surface area contributed by atoms with E-state index in [4.69, 9.17) is 4.74 Å². The van der Waals surface area contributed by atoms with Gasteiger partial charge in [0.05, 0.1) is 0 Å². The Balaban J connectivity index is 1.90. The zero-order chi connectivity index (χ0) is 10.9. The average Bonchev–Trinajstić information content (AvgIpc) is 2.90. The minimum absolute atomic E-state index is 0.0309. The Hall–Kier alpha value is -0.290. The van der Waals surface area contributed by atoms with E-state index in [1.54, 1.807) is 0 Å². The fourth-order valence-corrected chi connectivity index (χ4v) is 2.07. The third-order valence-corrected chi connectivity index (χ3v) is 3.22. The summed E-state index contributed by atoms with van der Waals surface area (Å²) in [6.45, 7) is 1.25. The zero-order valence-corrected chi connectivity index (χ0v) is 8.57. The highest BCUT2D eigenvalue weighted by Gasteiger charge is 2.63. The molecule has 1 N–H and O–H groups in total. The van der Waals surface area contributed by atoms with E-state index in [-0.39, 0.29) is 18.9 Å². The van der Waals surface area contributed by atoms with Crippen LogP contribution in [-0.4, -0.2) is 31.0 Å². The highest BCUT2D eigenvalue weighted by Crippen LogP contribution is 2.49. The molecule has 2 aliphatic rings. The van der Waals surface area contributed by atoms with Crippen molar-refractivity contribution in [2.45, 2.75) is 49.9 Å². The molecule has 1 saturated carbocycles. The Morgan fingerprint density at radius 2 is 1.87 bits per heavy atom. The molecule has 0 spiro atoms. The van der Waals surface area contributed by atoms with Gasteiger partial charge in [0.1, 0.15) is 5.54 Å². The van der Waals surface area contributed by atoms with Crippen LogP contribution in [0.4, 0.5) is 13.2 Å². The lowest BCUT2D eigenvalue weighted by atomic mass is 10.1. The zero-order valence-electron chi connectivity index (χ0n) is 8.57. The monoisotopic (exact) mass is 223 g/mol. The van der Waals surface area contributed by atoms with Crippen LogP contribution >= 0.6 is 0 Å². The Kier molecular flexibility index (Phi) is 2.94. The maximum atomic E-state index is 12.7. The van der Waals surface area contributed by atoms with Gasteiger partial charge >= 0.3 is 6.18 Å². The molecule has 1 heterocycles. The minimum atomic E-state index is -4.10. The van der Waals surface area contributed by atoms with Crippen molar-refractivity contribution in [1.82, 2.24) is 5.32 Å². The van der Waals surface area contributed by atoms with Gasteiger partial charge in [0.25, 0.3) is 0 Å². The van der Waals surface area contributed by atoms with Crippen LogP contribution in [0.2, 0.25) is 0 Å². The molecule has 0 radical (unpaired) electrons. The fraction of sp³-hybridized carbons (Fsp3) is 1.00. The Morgan fingerprint density at radius 1 is 1.13 bits per heavy atom. The van der Waals surface area contributed by atoms with Gasteiger partial charge in [-0.1, -0.05) is 0 Å². The summed E-state index contributed by atoms with van der Waals surface area (Å²) in [7, 11) is 0. The van der Waals surface area contributed by atoms with Crippen LogP contribution in [-0.2, 0) is 4.74 Å². The first-order valence-electron chi connectivity index (χ1n) is 5.46. The third-order valence-electron chi connectivity index (χ3n) is 3.22. The van der Waals surface area contributed by atoms with Gasteiger partial charge in [0, 0.05) is 19.3 Å². The summed E-state index contributed by atoms with van der Waals surface area (Å²) < 4.78 is 43.2. The molecule has 1 saturated heterocycles. The van der Waals surface area contributed by atoms with Gasteiger partial charge in [0.2, 0.25) is 0 Å². The Bertz CT molecular complexity index is 217. The van der Waals surface area contributed by atoms with Gasteiger partial charge in [-0.05, 0) is 32.1 Å². The summed E-state index contributed by atoms with van der Waals surface area (Å²) in [5.41, 5.74) is -1.57. The number of ether oxygens (including phenoxy) is 1. The lowest BCUT2D eigenvalue weighted by Gasteiger charge is -2.26. The van der Waals surface area contributed by atoms with Crippen molar-refractivity contribution in [1.29, 1.82) is 0 Å². The summed E-state index contributed by atoms with van der Waals surface area (Å²) in [4.78, 5) is 0. The fourth-order valence-electron chi connectivity index (χ4n) is 2.07. The molecule has 1 aliphatic carbocycles. The van der Waals surface area contributed by atoms with Gasteiger partial charge in [0.15, 0.2) is 0 Å². The maximum Gasteiger partial charge on any atom is 0.406 e. The molecule has 5 heteroatoms. The van der Waals surface area contributed by atoms with Crippen molar-refractivity contribution in [2.75, 3.05) is 13.2 Å². The van der Waals surface area contributed by atoms with E-state index in [1.165, 1.54) is 0 Å². The number of rotatable bonds is 2. The van der Waals surface area contributed by atoms with Crippen molar-refractivity contribution in [3.8, 4) is 0 Å². The van der Waals surface area contributed by atoms with E-state index in [1.807, 2.05) is 0 Å². The molecule has 0 aromatic carbocycles. The number of nitrogens with one attached hydrogen (secondary N) is 1. The van der Waals surface area contributed by atoms with E-state index < -0.39 is 11.7 Å². The largest absolute Gasteiger partial charge is 0.406 e. The van der Waals surface area contributed by atoms with Crippen molar-refractivity contribution >= 4 is 0 Å².